The zero-order valence-electron chi connectivity index (χ0n) is 11.3. The number of nitrogens with one attached hydrogen (secondary N) is 2. The van der Waals surface area contributed by atoms with Gasteiger partial charge in [0, 0.05) is 19.5 Å². The number of carbonyl (C=O) groups excluding carboxylic acids is 2. The number of amides is 2. The van der Waals surface area contributed by atoms with Crippen LogP contribution < -0.4 is 10.6 Å². The van der Waals surface area contributed by atoms with Gasteiger partial charge < -0.3 is 20.2 Å². The van der Waals surface area contributed by atoms with Crippen molar-refractivity contribution >= 4 is 11.8 Å². The minimum Gasteiger partial charge on any atom is -0.459 e. The van der Waals surface area contributed by atoms with Crippen LogP contribution in [0.3, 0.4) is 0 Å². The SMILES string of the molecule is O=C(CCNC(=O)c1ccco1)NCC1CCC(O)C1. The van der Waals surface area contributed by atoms with Gasteiger partial charge in [0.2, 0.25) is 5.91 Å². The predicted octanol–water partition coefficient (Wildman–Crippen LogP) is 0.677. The number of rotatable bonds is 6. The molecule has 3 N–H and O–H groups in total. The lowest BCUT2D eigenvalue weighted by atomic mass is 10.1. The summed E-state index contributed by atoms with van der Waals surface area (Å²) in [4.78, 5) is 23.1. The standard InChI is InChI=1S/C14H20N2O4/c17-11-4-3-10(8-11)9-16-13(18)5-6-15-14(19)12-2-1-7-20-12/h1-2,7,10-11,17H,3-6,8-9H2,(H,15,19)(H,16,18). The highest BCUT2D eigenvalue weighted by Crippen LogP contribution is 2.24. The molecule has 6 nitrogen and oxygen atoms in total. The minimum absolute atomic E-state index is 0.0915. The normalized spacial score (nSPS) is 21.6. The fraction of sp³-hybridized carbons (Fsp3) is 0.571. The average molecular weight is 280 g/mol. The van der Waals surface area contributed by atoms with E-state index in [1.807, 2.05) is 0 Å². The topological polar surface area (TPSA) is 91.6 Å². The van der Waals surface area contributed by atoms with E-state index in [4.69, 9.17) is 4.42 Å². The lowest BCUT2D eigenvalue weighted by molar-refractivity contribution is -0.121. The first-order valence-corrected chi connectivity index (χ1v) is 6.91. The molecular weight excluding hydrogens is 260 g/mol. The number of aliphatic hydroxyl groups excluding tert-OH is 1. The van der Waals surface area contributed by atoms with Crippen LogP contribution in [0.5, 0.6) is 0 Å². The predicted molar refractivity (Wildman–Crippen MR) is 72.0 cm³/mol. The molecule has 1 saturated carbocycles. The lowest BCUT2D eigenvalue weighted by Gasteiger charge is -2.11. The molecule has 1 fully saturated rings. The van der Waals surface area contributed by atoms with Crippen LogP contribution in [0.15, 0.2) is 22.8 Å². The molecule has 1 heterocycles. The summed E-state index contributed by atoms with van der Waals surface area (Å²) in [6, 6.07) is 3.21. The molecule has 2 unspecified atom stereocenters. The summed E-state index contributed by atoms with van der Waals surface area (Å²) in [6.45, 7) is 0.876. The summed E-state index contributed by atoms with van der Waals surface area (Å²) in [5, 5.41) is 14.8. The highest BCUT2D eigenvalue weighted by Gasteiger charge is 2.22. The first kappa shape index (κ1) is 14.6. The quantitative estimate of drug-likeness (QED) is 0.714. The van der Waals surface area contributed by atoms with E-state index < -0.39 is 0 Å². The second kappa shape index (κ2) is 7.09. The molecule has 1 aromatic heterocycles. The van der Waals surface area contributed by atoms with Crippen LogP contribution in [-0.2, 0) is 4.79 Å². The largest absolute Gasteiger partial charge is 0.459 e. The van der Waals surface area contributed by atoms with Gasteiger partial charge in [-0.15, -0.1) is 0 Å². The molecule has 1 aliphatic carbocycles. The minimum atomic E-state index is -0.318. The van der Waals surface area contributed by atoms with Gasteiger partial charge in [-0.05, 0) is 37.3 Å². The van der Waals surface area contributed by atoms with Crippen molar-refractivity contribution < 1.29 is 19.1 Å². The summed E-state index contributed by atoms with van der Waals surface area (Å²) in [5.41, 5.74) is 0. The average Bonchev–Trinajstić information content (AvgIpc) is 3.07. The van der Waals surface area contributed by atoms with Crippen molar-refractivity contribution in [1.82, 2.24) is 10.6 Å². The third-order valence-electron chi connectivity index (χ3n) is 3.48. The van der Waals surface area contributed by atoms with Gasteiger partial charge in [0.05, 0.1) is 12.4 Å². The summed E-state index contributed by atoms with van der Waals surface area (Å²) in [5.74, 6) is 0.199. The van der Waals surface area contributed by atoms with E-state index in [0.717, 1.165) is 19.3 Å². The van der Waals surface area contributed by atoms with Crippen LogP contribution in [0.25, 0.3) is 0 Å². The molecular formula is C14H20N2O4. The van der Waals surface area contributed by atoms with Gasteiger partial charge in [0.15, 0.2) is 5.76 Å². The Hall–Kier alpha value is -1.82. The lowest BCUT2D eigenvalue weighted by Crippen LogP contribution is -2.32. The third-order valence-corrected chi connectivity index (χ3v) is 3.48. The smallest absolute Gasteiger partial charge is 0.286 e. The molecule has 6 heteroatoms. The van der Waals surface area contributed by atoms with Gasteiger partial charge in [-0.2, -0.15) is 0 Å². The van der Waals surface area contributed by atoms with Crippen LogP contribution in [0.1, 0.15) is 36.2 Å². The van der Waals surface area contributed by atoms with Crippen molar-refractivity contribution in [3.63, 3.8) is 0 Å². The monoisotopic (exact) mass is 280 g/mol. The summed E-state index contributed by atoms with van der Waals surface area (Å²) >= 11 is 0. The molecule has 0 aliphatic heterocycles. The molecule has 20 heavy (non-hydrogen) atoms. The zero-order valence-corrected chi connectivity index (χ0v) is 11.3. The van der Waals surface area contributed by atoms with Crippen LogP contribution in [0, 0.1) is 5.92 Å². The van der Waals surface area contributed by atoms with E-state index >= 15 is 0 Å². The van der Waals surface area contributed by atoms with E-state index in [1.165, 1.54) is 6.26 Å². The maximum atomic E-state index is 11.6. The summed E-state index contributed by atoms with van der Waals surface area (Å²) < 4.78 is 4.94. The van der Waals surface area contributed by atoms with Gasteiger partial charge >= 0.3 is 0 Å². The second-order valence-electron chi connectivity index (χ2n) is 5.12. The zero-order chi connectivity index (χ0) is 14.4. The van der Waals surface area contributed by atoms with E-state index in [0.29, 0.717) is 12.5 Å². The van der Waals surface area contributed by atoms with Gasteiger partial charge in [-0.1, -0.05) is 0 Å². The maximum absolute atomic E-state index is 11.6. The van der Waals surface area contributed by atoms with Gasteiger partial charge in [0.25, 0.3) is 5.91 Å². The molecule has 0 saturated heterocycles. The molecule has 2 rings (SSSR count). The van der Waals surface area contributed by atoms with E-state index in [9.17, 15) is 14.7 Å². The summed E-state index contributed by atoms with van der Waals surface area (Å²) in [7, 11) is 0. The van der Waals surface area contributed by atoms with Crippen molar-refractivity contribution in [3.05, 3.63) is 24.2 Å². The molecule has 0 aromatic carbocycles. The van der Waals surface area contributed by atoms with Crippen LogP contribution in [-0.4, -0.2) is 36.1 Å². The van der Waals surface area contributed by atoms with Crippen molar-refractivity contribution in [2.45, 2.75) is 31.8 Å². The second-order valence-corrected chi connectivity index (χ2v) is 5.12. The highest BCUT2D eigenvalue weighted by atomic mass is 16.3. The Morgan fingerprint density at radius 3 is 2.85 bits per heavy atom. The highest BCUT2D eigenvalue weighted by molar-refractivity contribution is 5.91. The van der Waals surface area contributed by atoms with Crippen LogP contribution >= 0.6 is 0 Å². The molecule has 0 radical (unpaired) electrons. The molecule has 0 bridgehead atoms. The van der Waals surface area contributed by atoms with Gasteiger partial charge in [0.1, 0.15) is 0 Å². The number of aliphatic hydroxyl groups is 1. The Labute approximate surface area is 117 Å². The number of hydrogen-bond donors (Lipinski definition) is 3. The Balaban J connectivity index is 1.57. The molecule has 1 aliphatic rings. The van der Waals surface area contributed by atoms with Crippen molar-refractivity contribution in [1.29, 1.82) is 0 Å². The summed E-state index contributed by atoms with van der Waals surface area (Å²) in [6.07, 6.45) is 3.98. The number of hydrogen-bond acceptors (Lipinski definition) is 4. The molecule has 0 spiro atoms. The van der Waals surface area contributed by atoms with E-state index in [2.05, 4.69) is 10.6 Å². The van der Waals surface area contributed by atoms with Gasteiger partial charge in [-0.25, -0.2) is 0 Å². The van der Waals surface area contributed by atoms with E-state index in [1.54, 1.807) is 12.1 Å². The van der Waals surface area contributed by atoms with Crippen molar-refractivity contribution in [3.8, 4) is 0 Å². The van der Waals surface area contributed by atoms with E-state index in [-0.39, 0.29) is 36.6 Å². The van der Waals surface area contributed by atoms with Crippen LogP contribution in [0.4, 0.5) is 0 Å². The number of furan rings is 1. The third kappa shape index (κ3) is 4.38. The first-order chi connectivity index (χ1) is 9.65. The molecule has 110 valence electrons. The molecule has 1 aromatic rings. The Bertz CT molecular complexity index is 444. The van der Waals surface area contributed by atoms with Gasteiger partial charge in [-0.3, -0.25) is 9.59 Å². The fourth-order valence-corrected chi connectivity index (χ4v) is 2.36. The fourth-order valence-electron chi connectivity index (χ4n) is 2.36. The molecule has 2 amide bonds. The van der Waals surface area contributed by atoms with Crippen molar-refractivity contribution in [2.24, 2.45) is 5.92 Å². The number of carbonyl (C=O) groups is 2. The molecule has 2 atom stereocenters. The van der Waals surface area contributed by atoms with Crippen LogP contribution in [0.2, 0.25) is 0 Å². The Kier molecular flexibility index (Phi) is 5.17. The first-order valence-electron chi connectivity index (χ1n) is 6.91. The van der Waals surface area contributed by atoms with Crippen molar-refractivity contribution in [2.75, 3.05) is 13.1 Å². The Morgan fingerprint density at radius 1 is 1.35 bits per heavy atom. The Morgan fingerprint density at radius 2 is 2.20 bits per heavy atom. The maximum Gasteiger partial charge on any atom is 0.286 e.